The Morgan fingerprint density at radius 3 is 2.29 bits per heavy atom. The first kappa shape index (κ1) is 9.32. The number of fused-ring (bicyclic) bond motifs is 1. The zero-order valence-electron chi connectivity index (χ0n) is 9.31. The zero-order chi connectivity index (χ0) is 10.3. The van der Waals surface area contributed by atoms with E-state index >= 15 is 0 Å². The lowest BCUT2D eigenvalue weighted by Crippen LogP contribution is -2.12. The van der Waals surface area contributed by atoms with Gasteiger partial charge in [-0.15, -0.1) is 0 Å². The summed E-state index contributed by atoms with van der Waals surface area (Å²) in [7, 11) is 0. The lowest BCUT2D eigenvalue weighted by atomic mass is 9.89. The van der Waals surface area contributed by atoms with Gasteiger partial charge in [-0.3, -0.25) is 0 Å². The van der Waals surface area contributed by atoms with E-state index in [4.69, 9.17) is 0 Å². The highest BCUT2D eigenvalue weighted by Crippen LogP contribution is 2.30. The van der Waals surface area contributed by atoms with Crippen LogP contribution in [0.2, 0.25) is 0 Å². The third kappa shape index (κ3) is 1.33. The van der Waals surface area contributed by atoms with Gasteiger partial charge in [0.05, 0.1) is 0 Å². The molecule has 0 aliphatic heterocycles. The van der Waals surface area contributed by atoms with Crippen LogP contribution in [0, 0.1) is 6.92 Å². The predicted molar refractivity (Wildman–Crippen MR) is 61.7 cm³/mol. The molecule has 0 bridgehead atoms. The number of para-hydroxylation sites is 1. The summed E-state index contributed by atoms with van der Waals surface area (Å²) in [6, 6.07) is 8.48. The molecule has 14 heavy (non-hydrogen) atoms. The normalized spacial score (nSPS) is 12.3. The highest BCUT2D eigenvalue weighted by Gasteiger charge is 2.19. The fraction of sp³-hybridized carbons (Fsp3) is 0.385. The first-order chi connectivity index (χ1) is 6.50. The second kappa shape index (κ2) is 2.88. The van der Waals surface area contributed by atoms with Crippen LogP contribution in [-0.4, -0.2) is 4.98 Å². The molecule has 0 unspecified atom stereocenters. The molecule has 2 rings (SSSR count). The summed E-state index contributed by atoms with van der Waals surface area (Å²) in [6.45, 7) is 8.92. The van der Waals surface area contributed by atoms with Gasteiger partial charge in [-0.25, -0.2) is 0 Å². The summed E-state index contributed by atoms with van der Waals surface area (Å²) in [5.74, 6) is 0. The van der Waals surface area contributed by atoms with E-state index < -0.39 is 0 Å². The van der Waals surface area contributed by atoms with Crippen molar-refractivity contribution in [2.24, 2.45) is 0 Å². The third-order valence-corrected chi connectivity index (χ3v) is 2.72. The Balaban J connectivity index is 2.75. The Labute approximate surface area is 85.1 Å². The van der Waals surface area contributed by atoms with Gasteiger partial charge in [-0.05, 0) is 18.6 Å². The van der Waals surface area contributed by atoms with Crippen molar-refractivity contribution in [2.75, 3.05) is 0 Å². The topological polar surface area (TPSA) is 15.8 Å². The average molecular weight is 187 g/mol. The minimum atomic E-state index is 0.198. The molecule has 0 saturated carbocycles. The number of nitrogens with one attached hydrogen (secondary N) is 1. The molecule has 1 N–H and O–H groups in total. The van der Waals surface area contributed by atoms with Crippen LogP contribution in [0.5, 0.6) is 0 Å². The van der Waals surface area contributed by atoms with Crippen molar-refractivity contribution in [3.05, 3.63) is 35.5 Å². The van der Waals surface area contributed by atoms with Crippen molar-refractivity contribution in [2.45, 2.75) is 33.1 Å². The van der Waals surface area contributed by atoms with Crippen molar-refractivity contribution >= 4 is 10.9 Å². The fourth-order valence-corrected chi connectivity index (χ4v) is 2.03. The molecule has 0 spiro atoms. The van der Waals surface area contributed by atoms with Gasteiger partial charge in [0.2, 0.25) is 0 Å². The molecule has 74 valence electrons. The van der Waals surface area contributed by atoms with Crippen molar-refractivity contribution in [3.8, 4) is 0 Å². The second-order valence-corrected chi connectivity index (χ2v) is 4.92. The van der Waals surface area contributed by atoms with E-state index in [-0.39, 0.29) is 5.41 Å². The van der Waals surface area contributed by atoms with E-state index in [1.54, 1.807) is 0 Å². The molecule has 2 aromatic rings. The standard InChI is InChI=1S/C13H17N/c1-9-10-7-5-6-8-11(10)14-12(9)13(2,3)4/h5-8,14H,1-4H3. The predicted octanol–water partition coefficient (Wildman–Crippen LogP) is 3.77. The number of aromatic amines is 1. The lowest BCUT2D eigenvalue weighted by Gasteiger charge is -2.17. The molecular weight excluding hydrogens is 170 g/mol. The number of benzene rings is 1. The minimum absolute atomic E-state index is 0.198. The van der Waals surface area contributed by atoms with Crippen LogP contribution in [0.3, 0.4) is 0 Å². The summed E-state index contributed by atoms with van der Waals surface area (Å²) in [5.41, 5.74) is 4.17. The van der Waals surface area contributed by atoms with Crippen LogP contribution >= 0.6 is 0 Å². The smallest absolute Gasteiger partial charge is 0.0458 e. The molecule has 1 aromatic carbocycles. The summed E-state index contributed by atoms with van der Waals surface area (Å²) in [5, 5.41) is 1.34. The fourth-order valence-electron chi connectivity index (χ4n) is 2.03. The number of hydrogen-bond acceptors (Lipinski definition) is 0. The highest BCUT2D eigenvalue weighted by molar-refractivity contribution is 5.84. The summed E-state index contributed by atoms with van der Waals surface area (Å²) >= 11 is 0. The number of rotatable bonds is 0. The Morgan fingerprint density at radius 1 is 1.07 bits per heavy atom. The van der Waals surface area contributed by atoms with Gasteiger partial charge < -0.3 is 4.98 Å². The molecule has 0 atom stereocenters. The summed E-state index contributed by atoms with van der Waals surface area (Å²) in [6.07, 6.45) is 0. The molecule has 0 fully saturated rings. The number of aryl methyl sites for hydroxylation is 1. The molecule has 0 aliphatic carbocycles. The van der Waals surface area contributed by atoms with Crippen LogP contribution in [-0.2, 0) is 5.41 Å². The van der Waals surface area contributed by atoms with E-state index in [1.165, 1.54) is 22.2 Å². The van der Waals surface area contributed by atoms with E-state index in [0.717, 1.165) is 0 Å². The zero-order valence-corrected chi connectivity index (χ0v) is 9.31. The lowest BCUT2D eigenvalue weighted by molar-refractivity contribution is 0.570. The Kier molecular flexibility index (Phi) is 1.91. The Bertz CT molecular complexity index is 458. The molecule has 1 heteroatoms. The molecule has 0 saturated heterocycles. The van der Waals surface area contributed by atoms with Crippen molar-refractivity contribution < 1.29 is 0 Å². The summed E-state index contributed by atoms with van der Waals surface area (Å²) in [4.78, 5) is 3.50. The van der Waals surface area contributed by atoms with Crippen molar-refractivity contribution in [1.29, 1.82) is 0 Å². The van der Waals surface area contributed by atoms with Crippen molar-refractivity contribution in [1.82, 2.24) is 4.98 Å². The number of aromatic nitrogens is 1. The largest absolute Gasteiger partial charge is 0.358 e. The minimum Gasteiger partial charge on any atom is -0.358 e. The van der Waals surface area contributed by atoms with Crippen LogP contribution in [0.25, 0.3) is 10.9 Å². The molecule has 0 radical (unpaired) electrons. The van der Waals surface area contributed by atoms with Crippen LogP contribution in [0.1, 0.15) is 32.0 Å². The van der Waals surface area contributed by atoms with Crippen LogP contribution in [0.15, 0.2) is 24.3 Å². The molecule has 1 nitrogen and oxygen atoms in total. The molecule has 0 aliphatic rings. The maximum Gasteiger partial charge on any atom is 0.0458 e. The van der Waals surface area contributed by atoms with Gasteiger partial charge in [-0.2, -0.15) is 0 Å². The molecule has 1 heterocycles. The van der Waals surface area contributed by atoms with Crippen LogP contribution in [0.4, 0.5) is 0 Å². The first-order valence-corrected chi connectivity index (χ1v) is 5.08. The average Bonchev–Trinajstić information content (AvgIpc) is 2.44. The van der Waals surface area contributed by atoms with Gasteiger partial charge in [0.15, 0.2) is 0 Å². The molecule has 0 amide bonds. The SMILES string of the molecule is Cc1c(C(C)(C)C)[nH]c2ccccc12. The van der Waals surface area contributed by atoms with Gasteiger partial charge in [-0.1, -0.05) is 39.0 Å². The monoisotopic (exact) mass is 187 g/mol. The second-order valence-electron chi connectivity index (χ2n) is 4.92. The van der Waals surface area contributed by atoms with E-state index in [9.17, 15) is 0 Å². The Morgan fingerprint density at radius 2 is 1.71 bits per heavy atom. The quantitative estimate of drug-likeness (QED) is 0.646. The van der Waals surface area contributed by atoms with Crippen molar-refractivity contribution in [3.63, 3.8) is 0 Å². The number of hydrogen-bond donors (Lipinski definition) is 1. The molecule has 1 aromatic heterocycles. The summed E-state index contributed by atoms with van der Waals surface area (Å²) < 4.78 is 0. The first-order valence-electron chi connectivity index (χ1n) is 5.08. The van der Waals surface area contributed by atoms with Gasteiger partial charge in [0, 0.05) is 22.0 Å². The highest BCUT2D eigenvalue weighted by atomic mass is 14.7. The third-order valence-electron chi connectivity index (χ3n) is 2.72. The van der Waals surface area contributed by atoms with E-state index in [1.807, 2.05) is 0 Å². The van der Waals surface area contributed by atoms with E-state index in [0.29, 0.717) is 0 Å². The van der Waals surface area contributed by atoms with Crippen LogP contribution < -0.4 is 0 Å². The molecular formula is C13H17N. The van der Waals surface area contributed by atoms with E-state index in [2.05, 4.69) is 56.9 Å². The van der Waals surface area contributed by atoms with Gasteiger partial charge in [0.25, 0.3) is 0 Å². The maximum absolute atomic E-state index is 3.50. The Hall–Kier alpha value is -1.24. The maximum atomic E-state index is 3.50. The van der Waals surface area contributed by atoms with Gasteiger partial charge >= 0.3 is 0 Å². The number of H-pyrrole nitrogens is 1. The van der Waals surface area contributed by atoms with Gasteiger partial charge in [0.1, 0.15) is 0 Å².